The van der Waals surface area contributed by atoms with Crippen LogP contribution in [0, 0.1) is 6.92 Å². The van der Waals surface area contributed by atoms with Crippen molar-refractivity contribution in [3.8, 4) is 11.5 Å². The first kappa shape index (κ1) is 19.3. The van der Waals surface area contributed by atoms with Gasteiger partial charge in [-0.2, -0.15) is 4.98 Å². The van der Waals surface area contributed by atoms with Gasteiger partial charge >= 0.3 is 0 Å². The number of nitrogens with zero attached hydrogens (tertiary/aromatic N) is 4. The summed E-state index contributed by atoms with van der Waals surface area (Å²) in [4.78, 5) is 25.2. The molecule has 8 heteroatoms. The van der Waals surface area contributed by atoms with Crippen molar-refractivity contribution in [1.82, 2.24) is 9.97 Å². The van der Waals surface area contributed by atoms with Gasteiger partial charge in [0.1, 0.15) is 29.3 Å². The summed E-state index contributed by atoms with van der Waals surface area (Å²) in [5.74, 6) is 3.08. The van der Waals surface area contributed by atoms with Crippen LogP contribution in [-0.2, 0) is 4.79 Å². The Labute approximate surface area is 170 Å². The molecule has 154 valence electrons. The van der Waals surface area contributed by atoms with Crippen LogP contribution in [0.3, 0.4) is 0 Å². The van der Waals surface area contributed by atoms with Crippen LogP contribution in [0.2, 0.25) is 0 Å². The third kappa shape index (κ3) is 3.54. The van der Waals surface area contributed by atoms with Crippen molar-refractivity contribution >= 4 is 23.4 Å². The SMILES string of the molecule is COc1ccc(O[C@H]2C[C@H](Nc3nc(C)c4c(n3)N(C)[C@@H](C)C(=O)N4C)C2)cc1. The number of benzene rings is 1. The van der Waals surface area contributed by atoms with E-state index in [2.05, 4.69) is 10.3 Å². The molecule has 0 saturated heterocycles. The van der Waals surface area contributed by atoms with Crippen LogP contribution in [0.1, 0.15) is 25.5 Å². The van der Waals surface area contributed by atoms with Gasteiger partial charge in [-0.1, -0.05) is 0 Å². The van der Waals surface area contributed by atoms with Crippen LogP contribution in [0.5, 0.6) is 11.5 Å². The third-order valence-corrected chi connectivity index (χ3v) is 5.77. The van der Waals surface area contributed by atoms with Crippen LogP contribution in [-0.4, -0.2) is 55.3 Å². The Hall–Kier alpha value is -3.03. The molecule has 1 atom stereocenters. The summed E-state index contributed by atoms with van der Waals surface area (Å²) >= 11 is 0. The minimum Gasteiger partial charge on any atom is -0.497 e. The predicted octanol–water partition coefficient (Wildman–Crippen LogP) is 2.62. The maximum absolute atomic E-state index is 12.4. The van der Waals surface area contributed by atoms with Crippen molar-refractivity contribution < 1.29 is 14.3 Å². The maximum atomic E-state index is 12.4. The average Bonchev–Trinajstić information content (AvgIpc) is 2.69. The van der Waals surface area contributed by atoms with Gasteiger partial charge in [0.2, 0.25) is 11.9 Å². The van der Waals surface area contributed by atoms with Crippen LogP contribution < -0.4 is 24.6 Å². The second-order valence-electron chi connectivity index (χ2n) is 7.72. The number of carbonyl (C=O) groups excluding carboxylic acids is 1. The third-order valence-electron chi connectivity index (χ3n) is 5.77. The molecule has 1 amide bonds. The van der Waals surface area contributed by atoms with Crippen LogP contribution in [0.25, 0.3) is 0 Å². The minimum absolute atomic E-state index is 0.0462. The highest BCUT2D eigenvalue weighted by molar-refractivity contribution is 6.04. The lowest BCUT2D eigenvalue weighted by atomic mass is 9.89. The van der Waals surface area contributed by atoms with E-state index in [0.717, 1.165) is 41.5 Å². The Morgan fingerprint density at radius 3 is 2.41 bits per heavy atom. The van der Waals surface area contributed by atoms with Gasteiger partial charge in [-0.15, -0.1) is 0 Å². The Morgan fingerprint density at radius 1 is 1.10 bits per heavy atom. The zero-order valence-corrected chi connectivity index (χ0v) is 17.5. The summed E-state index contributed by atoms with van der Waals surface area (Å²) in [6, 6.07) is 7.65. The van der Waals surface area contributed by atoms with Gasteiger partial charge in [-0.3, -0.25) is 4.79 Å². The lowest BCUT2D eigenvalue weighted by Gasteiger charge is -2.38. The predicted molar refractivity (Wildman–Crippen MR) is 112 cm³/mol. The molecule has 1 aromatic heterocycles. The van der Waals surface area contributed by atoms with Crippen molar-refractivity contribution in [2.24, 2.45) is 0 Å². The van der Waals surface area contributed by atoms with Gasteiger partial charge < -0.3 is 24.6 Å². The van der Waals surface area contributed by atoms with Gasteiger partial charge in [0.15, 0.2) is 5.82 Å². The van der Waals surface area contributed by atoms with E-state index < -0.39 is 0 Å². The average molecular weight is 397 g/mol. The summed E-state index contributed by atoms with van der Waals surface area (Å²) in [6.07, 6.45) is 1.94. The van der Waals surface area contributed by atoms with E-state index in [9.17, 15) is 4.79 Å². The van der Waals surface area contributed by atoms with Gasteiger partial charge in [-0.25, -0.2) is 4.98 Å². The topological polar surface area (TPSA) is 79.8 Å². The molecule has 2 heterocycles. The molecule has 2 aromatic rings. The number of nitrogens with one attached hydrogen (secondary N) is 1. The van der Waals surface area contributed by atoms with Crippen molar-refractivity contribution in [2.45, 2.75) is 44.9 Å². The van der Waals surface area contributed by atoms with Gasteiger partial charge in [0.25, 0.3) is 0 Å². The quantitative estimate of drug-likeness (QED) is 0.831. The first-order valence-electron chi connectivity index (χ1n) is 9.83. The molecule has 1 aliphatic heterocycles. The van der Waals surface area contributed by atoms with E-state index in [-0.39, 0.29) is 24.1 Å². The summed E-state index contributed by atoms with van der Waals surface area (Å²) in [5, 5.41) is 3.41. The number of anilines is 3. The number of aryl methyl sites for hydroxylation is 1. The maximum Gasteiger partial charge on any atom is 0.249 e. The Balaban J connectivity index is 1.40. The van der Waals surface area contributed by atoms with Crippen molar-refractivity contribution in [3.05, 3.63) is 30.0 Å². The summed E-state index contributed by atoms with van der Waals surface area (Å²) in [5.41, 5.74) is 1.56. The second-order valence-corrected chi connectivity index (χ2v) is 7.72. The fraction of sp³-hybridized carbons (Fsp3) is 0.476. The molecule has 1 N–H and O–H groups in total. The number of fused-ring (bicyclic) bond motifs is 1. The van der Waals surface area contributed by atoms with E-state index in [1.54, 1.807) is 19.1 Å². The van der Waals surface area contributed by atoms with Crippen LogP contribution in [0.15, 0.2) is 24.3 Å². The molecule has 0 spiro atoms. The van der Waals surface area contributed by atoms with E-state index in [0.29, 0.717) is 5.95 Å². The molecule has 1 aliphatic carbocycles. The molecule has 2 aliphatic rings. The first-order chi connectivity index (χ1) is 13.9. The van der Waals surface area contributed by atoms with Gasteiger partial charge in [0.05, 0.1) is 12.8 Å². The van der Waals surface area contributed by atoms with E-state index in [1.807, 2.05) is 50.1 Å². The number of likely N-dealkylation sites (N-methyl/N-ethyl adjacent to an activating group) is 2. The fourth-order valence-electron chi connectivity index (χ4n) is 3.80. The molecule has 4 rings (SSSR count). The highest BCUT2D eigenvalue weighted by atomic mass is 16.5. The van der Waals surface area contributed by atoms with Crippen molar-refractivity contribution in [1.29, 1.82) is 0 Å². The zero-order chi connectivity index (χ0) is 20.7. The largest absolute Gasteiger partial charge is 0.497 e. The highest BCUT2D eigenvalue weighted by Gasteiger charge is 2.36. The van der Waals surface area contributed by atoms with Gasteiger partial charge in [0, 0.05) is 33.0 Å². The second kappa shape index (κ2) is 7.42. The van der Waals surface area contributed by atoms with E-state index >= 15 is 0 Å². The van der Waals surface area contributed by atoms with Crippen LogP contribution >= 0.6 is 0 Å². The number of amides is 1. The molecule has 0 unspecified atom stereocenters. The number of aromatic nitrogens is 2. The fourth-order valence-corrected chi connectivity index (χ4v) is 3.80. The molecule has 0 radical (unpaired) electrons. The highest BCUT2D eigenvalue weighted by Crippen LogP contribution is 2.36. The van der Waals surface area contributed by atoms with Crippen molar-refractivity contribution in [2.75, 3.05) is 36.3 Å². The Morgan fingerprint density at radius 2 is 1.76 bits per heavy atom. The summed E-state index contributed by atoms with van der Waals surface area (Å²) in [6.45, 7) is 3.80. The number of methoxy groups -OCH3 is 1. The Bertz CT molecular complexity index is 911. The smallest absolute Gasteiger partial charge is 0.249 e. The summed E-state index contributed by atoms with van der Waals surface area (Å²) in [7, 11) is 5.32. The minimum atomic E-state index is -0.249. The number of ether oxygens (including phenoxy) is 2. The van der Waals surface area contributed by atoms with Gasteiger partial charge in [-0.05, 0) is 38.1 Å². The molecule has 1 saturated carbocycles. The van der Waals surface area contributed by atoms with E-state index in [1.165, 1.54) is 0 Å². The molecule has 1 aromatic carbocycles. The number of hydrogen-bond donors (Lipinski definition) is 1. The zero-order valence-electron chi connectivity index (χ0n) is 17.5. The molecule has 8 nitrogen and oxygen atoms in total. The summed E-state index contributed by atoms with van der Waals surface area (Å²) < 4.78 is 11.2. The molecule has 29 heavy (non-hydrogen) atoms. The molecular formula is C21H27N5O3. The molecule has 0 bridgehead atoms. The number of carbonyl (C=O) groups is 1. The normalized spacial score (nSPS) is 23.3. The first-order valence-corrected chi connectivity index (χ1v) is 9.83. The standard InChI is InChI=1S/C21H27N5O3/c1-12-18-19(25(3)13(2)20(27)26(18)4)24-21(22-12)23-14-10-17(11-14)29-16-8-6-15(28-5)7-9-16/h6-9,13-14,17H,10-11H2,1-5H3,(H,22,23,24)/t13-,14-,17-/m0/s1. The monoisotopic (exact) mass is 397 g/mol. The van der Waals surface area contributed by atoms with Crippen molar-refractivity contribution in [3.63, 3.8) is 0 Å². The lowest BCUT2D eigenvalue weighted by molar-refractivity contribution is -0.119. The Kier molecular flexibility index (Phi) is 4.94. The molecule has 1 fully saturated rings. The lowest BCUT2D eigenvalue weighted by Crippen LogP contribution is -2.50. The number of rotatable bonds is 5. The van der Waals surface area contributed by atoms with E-state index in [4.69, 9.17) is 14.5 Å². The van der Waals surface area contributed by atoms with Crippen LogP contribution in [0.4, 0.5) is 17.5 Å². The number of hydrogen-bond acceptors (Lipinski definition) is 7. The molecular weight excluding hydrogens is 370 g/mol.